The van der Waals surface area contributed by atoms with Gasteiger partial charge >= 0.3 is 5.97 Å². The van der Waals surface area contributed by atoms with Gasteiger partial charge in [-0.1, -0.05) is 43.2 Å². The Bertz CT molecular complexity index is 580. The molecule has 2 aliphatic rings. The van der Waals surface area contributed by atoms with Gasteiger partial charge in [0.15, 0.2) is 0 Å². The Balaban J connectivity index is 1.65. The van der Waals surface area contributed by atoms with Crippen molar-refractivity contribution in [1.29, 1.82) is 0 Å². The van der Waals surface area contributed by atoms with Crippen LogP contribution in [0.25, 0.3) is 0 Å². The quantitative estimate of drug-likeness (QED) is 0.583. The van der Waals surface area contributed by atoms with Crippen LogP contribution in [0.15, 0.2) is 30.3 Å². The molecule has 1 aliphatic heterocycles. The normalized spacial score (nSPS) is 24.9. The van der Waals surface area contributed by atoms with Crippen LogP contribution in [-0.4, -0.2) is 36.3 Å². The third kappa shape index (κ3) is 4.49. The minimum atomic E-state index is -0.912. The van der Waals surface area contributed by atoms with Crippen molar-refractivity contribution in [2.24, 2.45) is 5.41 Å². The van der Waals surface area contributed by atoms with Crippen molar-refractivity contribution in [3.63, 3.8) is 0 Å². The van der Waals surface area contributed by atoms with Crippen LogP contribution >= 0.6 is 0 Å². The molecule has 1 aromatic carbocycles. The molecule has 0 N–H and O–H groups in total. The van der Waals surface area contributed by atoms with Gasteiger partial charge in [0.05, 0.1) is 0 Å². The zero-order valence-corrected chi connectivity index (χ0v) is 15.0. The lowest BCUT2D eigenvalue weighted by Gasteiger charge is -2.36. The maximum atomic E-state index is 12.9. The van der Waals surface area contributed by atoms with Gasteiger partial charge in [0.1, 0.15) is 17.8 Å². The summed E-state index contributed by atoms with van der Waals surface area (Å²) in [5.74, 6) is -0.216. The minimum Gasteiger partial charge on any atom is -0.460 e. The van der Waals surface area contributed by atoms with Crippen LogP contribution in [0.1, 0.15) is 56.9 Å². The van der Waals surface area contributed by atoms with Gasteiger partial charge in [0.2, 0.25) is 0 Å². The van der Waals surface area contributed by atoms with E-state index in [-0.39, 0.29) is 18.4 Å². The van der Waals surface area contributed by atoms with Crippen LogP contribution in [0.2, 0.25) is 0 Å². The summed E-state index contributed by atoms with van der Waals surface area (Å²) in [6.45, 7) is 3.25. The van der Waals surface area contributed by atoms with Crippen molar-refractivity contribution >= 4 is 11.8 Å². The number of Topliss-reactive ketones (excluding diaryl/α,β-unsaturated/α-hetero) is 1. The second-order valence-corrected chi connectivity index (χ2v) is 7.43. The molecule has 1 saturated carbocycles. The van der Waals surface area contributed by atoms with Crippen LogP contribution in [0.4, 0.5) is 0 Å². The van der Waals surface area contributed by atoms with Crippen LogP contribution in [0, 0.1) is 5.41 Å². The first-order chi connectivity index (χ1) is 12.2. The Kier molecular flexibility index (Phi) is 6.24. The largest absolute Gasteiger partial charge is 0.460 e. The summed E-state index contributed by atoms with van der Waals surface area (Å²) in [4.78, 5) is 28.0. The molecule has 0 spiro atoms. The summed E-state index contributed by atoms with van der Waals surface area (Å²) in [5.41, 5.74) is 0.0510. The average molecular weight is 343 g/mol. The summed E-state index contributed by atoms with van der Waals surface area (Å²) >= 11 is 0. The van der Waals surface area contributed by atoms with Crippen molar-refractivity contribution in [3.05, 3.63) is 35.9 Å². The molecule has 0 radical (unpaired) electrons. The number of piperidine rings is 1. The highest BCUT2D eigenvalue weighted by molar-refractivity contribution is 6.04. The third-order valence-electron chi connectivity index (χ3n) is 5.70. The van der Waals surface area contributed by atoms with E-state index in [1.54, 1.807) is 0 Å². The van der Waals surface area contributed by atoms with Gasteiger partial charge in [-0.2, -0.15) is 0 Å². The lowest BCUT2D eigenvalue weighted by atomic mass is 9.70. The lowest BCUT2D eigenvalue weighted by Crippen LogP contribution is -2.45. The van der Waals surface area contributed by atoms with E-state index in [9.17, 15) is 9.59 Å². The maximum absolute atomic E-state index is 12.9. The Morgan fingerprint density at radius 3 is 2.52 bits per heavy atom. The van der Waals surface area contributed by atoms with Crippen molar-refractivity contribution in [2.45, 2.75) is 58.0 Å². The van der Waals surface area contributed by atoms with E-state index in [1.165, 1.54) is 19.3 Å². The van der Waals surface area contributed by atoms with E-state index < -0.39 is 5.41 Å². The molecule has 1 atom stereocenters. The molecule has 1 saturated heterocycles. The first kappa shape index (κ1) is 18.1. The van der Waals surface area contributed by atoms with Crippen LogP contribution in [0.5, 0.6) is 0 Å². The lowest BCUT2D eigenvalue weighted by molar-refractivity contribution is -0.164. The minimum absolute atomic E-state index is 0.0915. The summed E-state index contributed by atoms with van der Waals surface area (Å²) in [6, 6.07) is 9.69. The van der Waals surface area contributed by atoms with Gasteiger partial charge in [-0.3, -0.25) is 9.59 Å². The molecule has 3 rings (SSSR count). The molecule has 136 valence electrons. The molecule has 0 aromatic heterocycles. The zero-order chi connectivity index (χ0) is 17.5. The molecule has 4 nitrogen and oxygen atoms in total. The topological polar surface area (TPSA) is 46.6 Å². The SMILES string of the molecule is O=C1CCCCC1(CCN1CCCCC1)C(=O)OCc1ccccc1. The molecule has 0 amide bonds. The standard InChI is InChI=1S/C21H29NO3/c23-19-11-5-6-12-21(19,13-16-22-14-7-2-8-15-22)20(24)25-17-18-9-3-1-4-10-18/h1,3-4,9-10H,2,5-8,11-17H2. The summed E-state index contributed by atoms with van der Waals surface area (Å²) in [7, 11) is 0. The Morgan fingerprint density at radius 2 is 1.80 bits per heavy atom. The third-order valence-corrected chi connectivity index (χ3v) is 5.70. The molecular formula is C21H29NO3. The van der Waals surface area contributed by atoms with Gasteiger partial charge < -0.3 is 9.64 Å². The number of benzene rings is 1. The first-order valence-electron chi connectivity index (χ1n) is 9.67. The molecule has 0 bridgehead atoms. The number of carbonyl (C=O) groups excluding carboxylic acids is 2. The molecular weight excluding hydrogens is 314 g/mol. The molecule has 1 unspecified atom stereocenters. The number of hydrogen-bond donors (Lipinski definition) is 0. The van der Waals surface area contributed by atoms with Gasteiger partial charge in [0.25, 0.3) is 0 Å². The number of rotatable bonds is 6. The number of esters is 1. The maximum Gasteiger partial charge on any atom is 0.320 e. The van der Waals surface area contributed by atoms with E-state index in [1.807, 2.05) is 30.3 Å². The van der Waals surface area contributed by atoms with Crippen LogP contribution in [0.3, 0.4) is 0 Å². The first-order valence-corrected chi connectivity index (χ1v) is 9.67. The van der Waals surface area contributed by atoms with Gasteiger partial charge in [-0.15, -0.1) is 0 Å². The number of ether oxygens (including phenoxy) is 1. The Labute approximate surface area is 150 Å². The number of nitrogens with zero attached hydrogens (tertiary/aromatic N) is 1. The molecule has 1 aromatic rings. The zero-order valence-electron chi connectivity index (χ0n) is 15.0. The smallest absolute Gasteiger partial charge is 0.320 e. The fraction of sp³-hybridized carbons (Fsp3) is 0.619. The highest BCUT2D eigenvalue weighted by Gasteiger charge is 2.47. The van der Waals surface area contributed by atoms with Gasteiger partial charge in [-0.05, 0) is 57.3 Å². The van der Waals surface area contributed by atoms with E-state index in [0.29, 0.717) is 19.3 Å². The van der Waals surface area contributed by atoms with Gasteiger partial charge in [0, 0.05) is 6.42 Å². The van der Waals surface area contributed by atoms with E-state index >= 15 is 0 Å². The van der Waals surface area contributed by atoms with E-state index in [4.69, 9.17) is 4.74 Å². The molecule has 2 fully saturated rings. The molecule has 1 aliphatic carbocycles. The van der Waals surface area contributed by atoms with Crippen molar-refractivity contribution in [1.82, 2.24) is 4.90 Å². The predicted molar refractivity (Wildman–Crippen MR) is 97.1 cm³/mol. The number of carbonyl (C=O) groups is 2. The number of likely N-dealkylation sites (tertiary alicyclic amines) is 1. The highest BCUT2D eigenvalue weighted by Crippen LogP contribution is 2.38. The number of hydrogen-bond acceptors (Lipinski definition) is 4. The second-order valence-electron chi connectivity index (χ2n) is 7.43. The fourth-order valence-electron chi connectivity index (χ4n) is 4.07. The fourth-order valence-corrected chi connectivity index (χ4v) is 4.07. The molecule has 25 heavy (non-hydrogen) atoms. The van der Waals surface area contributed by atoms with Gasteiger partial charge in [-0.25, -0.2) is 0 Å². The van der Waals surface area contributed by atoms with Crippen molar-refractivity contribution in [3.8, 4) is 0 Å². The molecule has 1 heterocycles. The second kappa shape index (κ2) is 8.61. The van der Waals surface area contributed by atoms with Crippen molar-refractivity contribution < 1.29 is 14.3 Å². The number of ketones is 1. The Hall–Kier alpha value is -1.68. The summed E-state index contributed by atoms with van der Waals surface area (Å²) < 4.78 is 5.60. The highest BCUT2D eigenvalue weighted by atomic mass is 16.5. The van der Waals surface area contributed by atoms with Crippen LogP contribution < -0.4 is 0 Å². The van der Waals surface area contributed by atoms with Crippen molar-refractivity contribution in [2.75, 3.05) is 19.6 Å². The molecule has 4 heteroatoms. The van der Waals surface area contributed by atoms with E-state index in [2.05, 4.69) is 4.90 Å². The van der Waals surface area contributed by atoms with E-state index in [0.717, 1.165) is 38.0 Å². The average Bonchev–Trinajstić information content (AvgIpc) is 2.67. The Morgan fingerprint density at radius 1 is 1.04 bits per heavy atom. The van der Waals surface area contributed by atoms with Crippen LogP contribution in [-0.2, 0) is 20.9 Å². The predicted octanol–water partition coefficient (Wildman–Crippen LogP) is 3.74. The monoisotopic (exact) mass is 343 g/mol. The summed E-state index contributed by atoms with van der Waals surface area (Å²) in [5, 5.41) is 0. The summed E-state index contributed by atoms with van der Waals surface area (Å²) in [6.07, 6.45) is 7.34.